The summed E-state index contributed by atoms with van der Waals surface area (Å²) in [4.78, 5) is 21.8. The zero-order chi connectivity index (χ0) is 14.4. The van der Waals surface area contributed by atoms with Gasteiger partial charge in [0, 0.05) is 38.4 Å². The van der Waals surface area contributed by atoms with Crippen LogP contribution >= 0.6 is 0 Å². The Balaban J connectivity index is 2.04. The maximum Gasteiger partial charge on any atom is 0.256 e. The van der Waals surface area contributed by atoms with E-state index in [1.54, 1.807) is 30.4 Å². The van der Waals surface area contributed by atoms with Crippen LogP contribution in [-0.2, 0) is 6.42 Å². The average Bonchev–Trinajstić information content (AvgIpc) is 2.52. The molecule has 2 heterocycles. The van der Waals surface area contributed by atoms with Crippen molar-refractivity contribution in [2.75, 3.05) is 13.6 Å². The SMILES string of the molecule is CN(CCc1cccnc1)C(=O)c1cnccc1C#N. The van der Waals surface area contributed by atoms with Crippen LogP contribution in [0.1, 0.15) is 21.5 Å². The fourth-order valence-corrected chi connectivity index (χ4v) is 1.81. The first kappa shape index (κ1) is 13.7. The van der Waals surface area contributed by atoms with E-state index in [0.717, 1.165) is 12.0 Å². The monoisotopic (exact) mass is 266 g/mol. The molecule has 1 amide bonds. The van der Waals surface area contributed by atoms with Crippen LogP contribution in [0.3, 0.4) is 0 Å². The number of carbonyl (C=O) groups is 1. The Morgan fingerprint density at radius 2 is 2.10 bits per heavy atom. The summed E-state index contributed by atoms with van der Waals surface area (Å²) >= 11 is 0. The van der Waals surface area contributed by atoms with Gasteiger partial charge in [-0.05, 0) is 24.1 Å². The van der Waals surface area contributed by atoms with E-state index in [2.05, 4.69) is 9.97 Å². The summed E-state index contributed by atoms with van der Waals surface area (Å²) in [7, 11) is 1.72. The van der Waals surface area contributed by atoms with E-state index >= 15 is 0 Å². The second-order valence-electron chi connectivity index (χ2n) is 4.37. The number of hydrogen-bond donors (Lipinski definition) is 0. The van der Waals surface area contributed by atoms with Crippen LogP contribution < -0.4 is 0 Å². The molecule has 2 rings (SSSR count). The molecule has 0 aliphatic rings. The topological polar surface area (TPSA) is 69.9 Å². The van der Waals surface area contributed by atoms with Crippen LogP contribution in [0.4, 0.5) is 0 Å². The largest absolute Gasteiger partial charge is 0.341 e. The van der Waals surface area contributed by atoms with Gasteiger partial charge in [0.05, 0.1) is 11.1 Å². The fraction of sp³-hybridized carbons (Fsp3) is 0.200. The number of carbonyl (C=O) groups excluding carboxylic acids is 1. The highest BCUT2D eigenvalue weighted by molar-refractivity contribution is 5.96. The molecule has 2 aromatic rings. The number of aromatic nitrogens is 2. The Morgan fingerprint density at radius 1 is 1.30 bits per heavy atom. The molecule has 0 radical (unpaired) electrons. The van der Waals surface area contributed by atoms with Crippen molar-refractivity contribution in [2.24, 2.45) is 0 Å². The molecule has 5 heteroatoms. The third kappa shape index (κ3) is 3.18. The lowest BCUT2D eigenvalue weighted by atomic mass is 10.1. The standard InChI is InChI=1S/C15H14N4O/c1-19(8-5-12-3-2-6-17-10-12)15(20)14-11-18-7-4-13(14)9-16/h2-4,6-7,10-11H,5,8H2,1H3. The lowest BCUT2D eigenvalue weighted by molar-refractivity contribution is 0.0796. The Bertz CT molecular complexity index is 634. The Labute approximate surface area is 117 Å². The number of amides is 1. The number of rotatable bonds is 4. The Kier molecular flexibility index (Phi) is 4.40. The molecule has 0 atom stereocenters. The summed E-state index contributed by atoms with van der Waals surface area (Å²) in [6.07, 6.45) is 7.15. The molecule has 100 valence electrons. The quantitative estimate of drug-likeness (QED) is 0.844. The van der Waals surface area contributed by atoms with Crippen molar-refractivity contribution in [3.05, 3.63) is 59.7 Å². The molecule has 0 aromatic carbocycles. The smallest absolute Gasteiger partial charge is 0.256 e. The van der Waals surface area contributed by atoms with Crippen molar-refractivity contribution in [3.8, 4) is 6.07 Å². The lowest BCUT2D eigenvalue weighted by Crippen LogP contribution is -2.29. The highest BCUT2D eigenvalue weighted by Gasteiger charge is 2.15. The van der Waals surface area contributed by atoms with Crippen molar-refractivity contribution >= 4 is 5.91 Å². The number of nitrogens with zero attached hydrogens (tertiary/aromatic N) is 4. The van der Waals surface area contributed by atoms with E-state index in [0.29, 0.717) is 17.7 Å². The van der Waals surface area contributed by atoms with Gasteiger partial charge in [0.25, 0.3) is 5.91 Å². The van der Waals surface area contributed by atoms with Crippen molar-refractivity contribution in [2.45, 2.75) is 6.42 Å². The molecule has 0 aliphatic heterocycles. The maximum absolute atomic E-state index is 12.3. The first-order chi connectivity index (χ1) is 9.72. The summed E-state index contributed by atoms with van der Waals surface area (Å²) in [5.74, 6) is -0.196. The molecular formula is C15H14N4O. The van der Waals surface area contributed by atoms with Crippen molar-refractivity contribution in [3.63, 3.8) is 0 Å². The highest BCUT2D eigenvalue weighted by Crippen LogP contribution is 2.09. The summed E-state index contributed by atoms with van der Waals surface area (Å²) in [5, 5.41) is 9.00. The van der Waals surface area contributed by atoms with Crippen LogP contribution in [0.15, 0.2) is 43.0 Å². The number of pyridine rings is 2. The van der Waals surface area contributed by atoms with Gasteiger partial charge >= 0.3 is 0 Å². The van der Waals surface area contributed by atoms with Crippen molar-refractivity contribution in [1.82, 2.24) is 14.9 Å². The molecule has 0 bridgehead atoms. The van der Waals surface area contributed by atoms with Crippen LogP contribution in [0.5, 0.6) is 0 Å². The van der Waals surface area contributed by atoms with Crippen LogP contribution in [-0.4, -0.2) is 34.4 Å². The van der Waals surface area contributed by atoms with E-state index in [9.17, 15) is 4.79 Å². The molecule has 2 aromatic heterocycles. The minimum Gasteiger partial charge on any atom is -0.341 e. The second kappa shape index (κ2) is 6.43. The van der Waals surface area contributed by atoms with Gasteiger partial charge in [-0.2, -0.15) is 5.26 Å². The predicted molar refractivity (Wildman–Crippen MR) is 73.9 cm³/mol. The van der Waals surface area contributed by atoms with Gasteiger partial charge in [0.2, 0.25) is 0 Å². The normalized spacial score (nSPS) is 9.80. The average molecular weight is 266 g/mol. The van der Waals surface area contributed by atoms with Gasteiger partial charge in [-0.25, -0.2) is 0 Å². The number of likely N-dealkylation sites (N-methyl/N-ethyl adjacent to an activating group) is 1. The first-order valence-corrected chi connectivity index (χ1v) is 6.21. The van der Waals surface area contributed by atoms with Gasteiger partial charge in [0.15, 0.2) is 0 Å². The van der Waals surface area contributed by atoms with Crippen molar-refractivity contribution in [1.29, 1.82) is 5.26 Å². The van der Waals surface area contributed by atoms with Gasteiger partial charge in [-0.1, -0.05) is 6.07 Å². The van der Waals surface area contributed by atoms with Crippen LogP contribution in [0, 0.1) is 11.3 Å². The van der Waals surface area contributed by atoms with Gasteiger partial charge < -0.3 is 4.90 Å². The van der Waals surface area contributed by atoms with E-state index in [1.165, 1.54) is 12.4 Å². The van der Waals surface area contributed by atoms with Crippen LogP contribution in [0.25, 0.3) is 0 Å². The van der Waals surface area contributed by atoms with Gasteiger partial charge in [0.1, 0.15) is 6.07 Å². The predicted octanol–water partition coefficient (Wildman–Crippen LogP) is 1.66. The van der Waals surface area contributed by atoms with E-state index in [-0.39, 0.29) is 5.91 Å². The molecule has 5 nitrogen and oxygen atoms in total. The third-order valence-electron chi connectivity index (χ3n) is 2.98. The van der Waals surface area contributed by atoms with Crippen molar-refractivity contribution < 1.29 is 4.79 Å². The fourth-order valence-electron chi connectivity index (χ4n) is 1.81. The van der Waals surface area contributed by atoms with Gasteiger partial charge in [-0.15, -0.1) is 0 Å². The Morgan fingerprint density at radius 3 is 2.80 bits per heavy atom. The van der Waals surface area contributed by atoms with E-state index in [4.69, 9.17) is 5.26 Å². The minimum atomic E-state index is -0.196. The molecule has 0 fully saturated rings. The molecule has 20 heavy (non-hydrogen) atoms. The maximum atomic E-state index is 12.3. The molecule has 0 unspecified atom stereocenters. The van der Waals surface area contributed by atoms with E-state index in [1.807, 2.05) is 18.2 Å². The van der Waals surface area contributed by atoms with Gasteiger partial charge in [-0.3, -0.25) is 14.8 Å². The molecule has 0 aliphatic carbocycles. The molecular weight excluding hydrogens is 252 g/mol. The van der Waals surface area contributed by atoms with E-state index < -0.39 is 0 Å². The summed E-state index contributed by atoms with van der Waals surface area (Å²) in [5.41, 5.74) is 1.75. The number of nitriles is 1. The summed E-state index contributed by atoms with van der Waals surface area (Å²) in [6, 6.07) is 7.39. The van der Waals surface area contributed by atoms with Crippen LogP contribution in [0.2, 0.25) is 0 Å². The zero-order valence-corrected chi connectivity index (χ0v) is 11.2. The molecule has 0 saturated heterocycles. The second-order valence-corrected chi connectivity index (χ2v) is 4.37. The minimum absolute atomic E-state index is 0.196. The summed E-state index contributed by atoms with van der Waals surface area (Å²) in [6.45, 7) is 0.560. The lowest BCUT2D eigenvalue weighted by Gasteiger charge is -2.17. The zero-order valence-electron chi connectivity index (χ0n) is 11.2. The number of hydrogen-bond acceptors (Lipinski definition) is 4. The highest BCUT2D eigenvalue weighted by atomic mass is 16.2. The summed E-state index contributed by atoms with van der Waals surface area (Å²) < 4.78 is 0. The third-order valence-corrected chi connectivity index (χ3v) is 2.98. The first-order valence-electron chi connectivity index (χ1n) is 6.21. The molecule has 0 saturated carbocycles. The molecule has 0 N–H and O–H groups in total. The molecule has 0 spiro atoms. The Hall–Kier alpha value is -2.74.